The highest BCUT2D eigenvalue weighted by molar-refractivity contribution is 6.04. The topological polar surface area (TPSA) is 130 Å². The molecule has 0 spiro atoms. The first-order valence-corrected chi connectivity index (χ1v) is 2.68. The van der Waals surface area contributed by atoms with Gasteiger partial charge >= 0.3 is 12.0 Å². The van der Waals surface area contributed by atoms with Crippen LogP contribution in [0.15, 0.2) is 11.8 Å². The Labute approximate surface area is 66.5 Å². The van der Waals surface area contributed by atoms with Crippen LogP contribution in [0, 0.1) is 0 Å². The minimum absolute atomic E-state index is 0.234. The second kappa shape index (κ2) is 3.96. The minimum atomic E-state index is -1.51. The van der Waals surface area contributed by atoms with Crippen molar-refractivity contribution in [3.63, 3.8) is 0 Å². The Morgan fingerprint density at radius 2 is 1.75 bits per heavy atom. The molecule has 0 aromatic rings. The zero-order valence-corrected chi connectivity index (χ0v) is 5.77. The number of hydrogen-bond acceptors (Lipinski definition) is 4. The SMILES string of the molecule is NC(=O)NC(=O)/C(O)=C/C(=O)O. The maximum Gasteiger partial charge on any atom is 0.332 e. The summed E-state index contributed by atoms with van der Waals surface area (Å²) in [6, 6.07) is -1.18. The molecule has 0 radical (unpaired) electrons. The quantitative estimate of drug-likeness (QED) is 0.305. The van der Waals surface area contributed by atoms with Crippen LogP contribution in [0.2, 0.25) is 0 Å². The standard InChI is InChI=1S/C5H6N2O5/c6-5(12)7-4(11)2(8)1-3(9)10/h1,8H,(H,9,10)(H3,6,7,11,12)/b2-1-. The number of nitrogens with two attached hydrogens (primary N) is 1. The van der Waals surface area contributed by atoms with E-state index in [2.05, 4.69) is 5.73 Å². The first-order chi connectivity index (χ1) is 5.43. The Hall–Kier alpha value is -2.05. The summed E-state index contributed by atoms with van der Waals surface area (Å²) >= 11 is 0. The zero-order valence-electron chi connectivity index (χ0n) is 5.77. The van der Waals surface area contributed by atoms with E-state index in [1.807, 2.05) is 0 Å². The first-order valence-electron chi connectivity index (χ1n) is 2.68. The van der Waals surface area contributed by atoms with Crippen LogP contribution in [0.5, 0.6) is 0 Å². The number of urea groups is 1. The number of carboxylic acid groups (broad SMARTS) is 1. The van der Waals surface area contributed by atoms with Crippen LogP contribution in [-0.2, 0) is 9.59 Å². The van der Waals surface area contributed by atoms with Gasteiger partial charge in [0.05, 0.1) is 6.08 Å². The van der Waals surface area contributed by atoms with Gasteiger partial charge in [-0.15, -0.1) is 0 Å². The second-order valence-electron chi connectivity index (χ2n) is 1.69. The lowest BCUT2D eigenvalue weighted by molar-refractivity contribution is -0.132. The van der Waals surface area contributed by atoms with Crippen molar-refractivity contribution in [2.45, 2.75) is 0 Å². The highest BCUT2D eigenvalue weighted by Gasteiger charge is 2.10. The number of amides is 3. The number of carbonyl (C=O) groups excluding carboxylic acids is 2. The lowest BCUT2D eigenvalue weighted by Gasteiger charge is -1.96. The maximum atomic E-state index is 10.5. The summed E-state index contributed by atoms with van der Waals surface area (Å²) in [5.74, 6) is -3.86. The molecule has 0 atom stereocenters. The van der Waals surface area contributed by atoms with Crippen LogP contribution in [-0.4, -0.2) is 28.1 Å². The molecule has 5 N–H and O–H groups in total. The lowest BCUT2D eigenvalue weighted by Crippen LogP contribution is -2.36. The van der Waals surface area contributed by atoms with Crippen molar-refractivity contribution in [2.24, 2.45) is 5.73 Å². The number of primary amides is 1. The molecule has 0 rings (SSSR count). The van der Waals surface area contributed by atoms with Gasteiger partial charge in [0.25, 0.3) is 5.91 Å². The Bertz CT molecular complexity index is 257. The van der Waals surface area contributed by atoms with Gasteiger partial charge in [-0.2, -0.15) is 0 Å². The molecule has 0 heterocycles. The molecule has 0 aromatic carbocycles. The van der Waals surface area contributed by atoms with Gasteiger partial charge in [-0.1, -0.05) is 0 Å². The van der Waals surface area contributed by atoms with E-state index in [9.17, 15) is 14.4 Å². The highest BCUT2D eigenvalue weighted by atomic mass is 16.4. The van der Waals surface area contributed by atoms with Gasteiger partial charge in [-0.25, -0.2) is 9.59 Å². The fourth-order valence-corrected chi connectivity index (χ4v) is 0.358. The number of aliphatic hydroxyl groups excluding tert-OH is 1. The van der Waals surface area contributed by atoms with Gasteiger partial charge in [-0.3, -0.25) is 10.1 Å². The number of carbonyl (C=O) groups is 3. The number of imide groups is 1. The van der Waals surface area contributed by atoms with Crippen LogP contribution in [0.25, 0.3) is 0 Å². The van der Waals surface area contributed by atoms with Crippen LogP contribution in [0.1, 0.15) is 0 Å². The van der Waals surface area contributed by atoms with Crippen LogP contribution >= 0.6 is 0 Å². The molecule has 0 fully saturated rings. The van der Waals surface area contributed by atoms with E-state index in [1.54, 1.807) is 0 Å². The maximum absolute atomic E-state index is 10.5. The Balaban J connectivity index is 4.29. The molecule has 0 bridgehead atoms. The molecule has 0 aromatic heterocycles. The van der Waals surface area contributed by atoms with E-state index in [0.29, 0.717) is 0 Å². The number of nitrogens with one attached hydrogen (secondary N) is 1. The van der Waals surface area contributed by atoms with Crippen molar-refractivity contribution >= 4 is 17.9 Å². The van der Waals surface area contributed by atoms with E-state index < -0.39 is 23.7 Å². The molecule has 12 heavy (non-hydrogen) atoms. The third-order valence-corrected chi connectivity index (χ3v) is 0.730. The molecule has 3 amide bonds. The number of aliphatic carboxylic acids is 1. The zero-order chi connectivity index (χ0) is 9.72. The van der Waals surface area contributed by atoms with Crippen molar-refractivity contribution in [2.75, 3.05) is 0 Å². The summed E-state index contributed by atoms with van der Waals surface area (Å²) in [5, 5.41) is 18.1. The molecule has 0 saturated heterocycles. The van der Waals surface area contributed by atoms with Crippen molar-refractivity contribution < 1.29 is 24.6 Å². The Kier molecular flexibility index (Phi) is 3.28. The second-order valence-corrected chi connectivity index (χ2v) is 1.69. The molecular weight excluding hydrogens is 168 g/mol. The minimum Gasteiger partial charge on any atom is -0.503 e. The lowest BCUT2D eigenvalue weighted by atomic mass is 10.4. The largest absolute Gasteiger partial charge is 0.503 e. The Morgan fingerprint density at radius 1 is 1.25 bits per heavy atom. The predicted octanol–water partition coefficient (Wildman–Crippen LogP) is -1.29. The number of aliphatic hydroxyl groups is 1. The molecule has 0 unspecified atom stereocenters. The number of carboxylic acids is 1. The Morgan fingerprint density at radius 3 is 2.08 bits per heavy atom. The fourth-order valence-electron chi connectivity index (χ4n) is 0.358. The van der Waals surface area contributed by atoms with Crippen molar-refractivity contribution in [1.82, 2.24) is 5.32 Å². The van der Waals surface area contributed by atoms with E-state index in [4.69, 9.17) is 10.2 Å². The summed E-state index contributed by atoms with van der Waals surface area (Å²) in [7, 11) is 0. The average Bonchev–Trinajstić information content (AvgIpc) is 1.84. The van der Waals surface area contributed by atoms with Crippen LogP contribution in [0.3, 0.4) is 0 Å². The van der Waals surface area contributed by atoms with Gasteiger partial charge in [0.1, 0.15) is 0 Å². The molecular formula is C5H6N2O5. The molecule has 66 valence electrons. The molecule has 0 saturated carbocycles. The molecule has 7 nitrogen and oxygen atoms in total. The van der Waals surface area contributed by atoms with Crippen molar-refractivity contribution in [3.8, 4) is 0 Å². The van der Waals surface area contributed by atoms with Crippen molar-refractivity contribution in [1.29, 1.82) is 0 Å². The van der Waals surface area contributed by atoms with Crippen LogP contribution < -0.4 is 11.1 Å². The van der Waals surface area contributed by atoms with Gasteiger partial charge in [0, 0.05) is 0 Å². The monoisotopic (exact) mass is 174 g/mol. The summed E-state index contributed by atoms with van der Waals surface area (Å²) in [5.41, 5.74) is 4.51. The fraction of sp³-hybridized carbons (Fsp3) is 0. The molecule has 0 aliphatic carbocycles. The predicted molar refractivity (Wildman–Crippen MR) is 36.1 cm³/mol. The summed E-state index contributed by atoms with van der Waals surface area (Å²) in [6.45, 7) is 0. The van der Waals surface area contributed by atoms with E-state index in [0.717, 1.165) is 0 Å². The smallest absolute Gasteiger partial charge is 0.332 e. The van der Waals surface area contributed by atoms with E-state index in [-0.39, 0.29) is 6.08 Å². The molecule has 7 heteroatoms. The number of hydrogen-bond donors (Lipinski definition) is 4. The summed E-state index contributed by atoms with van der Waals surface area (Å²) in [4.78, 5) is 30.4. The van der Waals surface area contributed by atoms with E-state index in [1.165, 1.54) is 5.32 Å². The van der Waals surface area contributed by atoms with Crippen molar-refractivity contribution in [3.05, 3.63) is 11.8 Å². The van der Waals surface area contributed by atoms with Gasteiger partial charge in [0.15, 0.2) is 5.76 Å². The average molecular weight is 174 g/mol. The highest BCUT2D eigenvalue weighted by Crippen LogP contribution is 1.86. The molecule has 0 aliphatic rings. The third kappa shape index (κ3) is 3.88. The third-order valence-electron chi connectivity index (χ3n) is 0.730. The summed E-state index contributed by atoms with van der Waals surface area (Å²) in [6.07, 6.45) is 0.234. The number of rotatable bonds is 2. The van der Waals surface area contributed by atoms with Gasteiger partial charge in [0.2, 0.25) is 0 Å². The molecule has 0 aliphatic heterocycles. The summed E-state index contributed by atoms with van der Waals surface area (Å²) < 4.78 is 0. The van der Waals surface area contributed by atoms with Gasteiger partial charge in [-0.05, 0) is 0 Å². The van der Waals surface area contributed by atoms with Crippen LogP contribution in [0.4, 0.5) is 4.79 Å². The first kappa shape index (κ1) is 9.95. The van der Waals surface area contributed by atoms with Gasteiger partial charge < -0.3 is 15.9 Å². The normalized spacial score (nSPS) is 10.5. The van der Waals surface area contributed by atoms with E-state index >= 15 is 0 Å².